The molecule has 0 aromatic heterocycles. The maximum absolute atomic E-state index is 11.6. The van der Waals surface area contributed by atoms with E-state index < -0.39 is 0 Å². The molecule has 0 saturated heterocycles. The Bertz CT molecular complexity index is 215. The Morgan fingerprint density at radius 3 is 1.80 bits per heavy atom. The predicted molar refractivity (Wildman–Crippen MR) is 92.8 cm³/mol. The molecule has 0 saturated carbocycles. The number of carbonyl (C=O) groups is 1. The Morgan fingerprint density at radius 2 is 1.35 bits per heavy atom. The lowest BCUT2D eigenvalue weighted by molar-refractivity contribution is -0.114. The molecule has 1 nitrogen and oxygen atoms in total. The van der Waals surface area contributed by atoms with E-state index in [9.17, 15) is 4.79 Å². The first-order chi connectivity index (χ1) is 9.72. The fourth-order valence-corrected chi connectivity index (χ4v) is 3.05. The van der Waals surface area contributed by atoms with Crippen molar-refractivity contribution in [3.05, 3.63) is 5.75 Å². The van der Waals surface area contributed by atoms with Gasteiger partial charge in [0.1, 0.15) is 0 Å². The van der Waals surface area contributed by atoms with Crippen molar-refractivity contribution in [2.45, 2.75) is 97.8 Å². The van der Waals surface area contributed by atoms with Crippen molar-refractivity contribution < 1.29 is 4.79 Å². The minimum Gasteiger partial charge on any atom is -0.287 e. The largest absolute Gasteiger partial charge is 0.287 e. The fraction of sp³-hybridized carbons (Fsp3) is 0.889. The van der Waals surface area contributed by atoms with E-state index in [1.54, 1.807) is 0 Å². The average molecular weight is 300 g/mol. The van der Waals surface area contributed by atoms with Gasteiger partial charge >= 0.3 is 0 Å². The Kier molecular flexibility index (Phi) is 15.4. The quantitative estimate of drug-likeness (QED) is 0.329. The number of hydrogen-bond acceptors (Lipinski definition) is 2. The third-order valence-electron chi connectivity index (χ3n) is 3.88. The van der Waals surface area contributed by atoms with Gasteiger partial charge < -0.3 is 0 Å². The lowest BCUT2D eigenvalue weighted by Crippen LogP contribution is -2.06. The molecule has 1 radical (unpaired) electrons. The van der Waals surface area contributed by atoms with Crippen LogP contribution in [0, 0.1) is 11.7 Å². The normalized spacial score (nSPS) is 12.6. The number of hydrogen-bond donors (Lipinski definition) is 0. The maximum Gasteiger partial charge on any atom is 0.192 e. The second kappa shape index (κ2) is 15.4. The molecule has 0 aliphatic heterocycles. The lowest BCUT2D eigenvalue weighted by atomic mass is 10.0. The van der Waals surface area contributed by atoms with E-state index >= 15 is 0 Å². The van der Waals surface area contributed by atoms with Crippen LogP contribution in [0.5, 0.6) is 0 Å². The molecule has 0 spiro atoms. The van der Waals surface area contributed by atoms with Gasteiger partial charge in [-0.3, -0.25) is 4.79 Å². The highest BCUT2D eigenvalue weighted by atomic mass is 32.2. The molecule has 0 rings (SSSR count). The molecule has 1 unspecified atom stereocenters. The van der Waals surface area contributed by atoms with Crippen molar-refractivity contribution in [2.75, 3.05) is 0 Å². The fourth-order valence-electron chi connectivity index (χ4n) is 2.46. The Balaban J connectivity index is 3.18. The summed E-state index contributed by atoms with van der Waals surface area (Å²) in [7, 11) is 0. The highest BCUT2D eigenvalue weighted by Gasteiger charge is 2.11. The topological polar surface area (TPSA) is 17.1 Å². The van der Waals surface area contributed by atoms with Crippen LogP contribution in [0.25, 0.3) is 0 Å². The first-order valence-corrected chi connectivity index (χ1v) is 9.58. The number of thioether (sulfide) groups is 1. The van der Waals surface area contributed by atoms with Crippen LogP contribution in [0.1, 0.15) is 97.8 Å². The second-order valence-electron chi connectivity index (χ2n) is 5.90. The van der Waals surface area contributed by atoms with Crippen molar-refractivity contribution in [3.8, 4) is 0 Å². The van der Waals surface area contributed by atoms with Crippen molar-refractivity contribution in [1.82, 2.24) is 0 Å². The van der Waals surface area contributed by atoms with Gasteiger partial charge in [-0.2, -0.15) is 0 Å². The molecule has 0 aliphatic rings. The van der Waals surface area contributed by atoms with Gasteiger partial charge in [-0.05, 0) is 6.42 Å². The molecule has 119 valence electrons. The van der Waals surface area contributed by atoms with Crippen LogP contribution in [0.15, 0.2) is 0 Å². The van der Waals surface area contributed by atoms with Crippen LogP contribution < -0.4 is 0 Å². The van der Waals surface area contributed by atoms with Crippen molar-refractivity contribution in [3.63, 3.8) is 0 Å². The zero-order valence-electron chi connectivity index (χ0n) is 14.0. The van der Waals surface area contributed by atoms with E-state index in [1.807, 2.05) is 12.7 Å². The van der Waals surface area contributed by atoms with Crippen molar-refractivity contribution in [1.29, 1.82) is 0 Å². The predicted octanol–water partition coefficient (Wildman–Crippen LogP) is 6.77. The van der Waals surface area contributed by atoms with Crippen LogP contribution in [0.2, 0.25) is 0 Å². The molecule has 1 atom stereocenters. The minimum absolute atomic E-state index is 0.231. The molecule has 0 fully saturated rings. The van der Waals surface area contributed by atoms with E-state index in [0.29, 0.717) is 5.12 Å². The van der Waals surface area contributed by atoms with Gasteiger partial charge in [0, 0.05) is 11.7 Å². The standard InChI is InChI=1S/C18H35OS/c1-4-6-7-8-9-10-11-12-13-14-15-16-17(3)18(19)20-5-2/h5,17H,4,6-16H2,1-3H3. The summed E-state index contributed by atoms with van der Waals surface area (Å²) in [5, 5.41) is 0.333. The third-order valence-corrected chi connectivity index (χ3v) is 4.75. The average Bonchev–Trinajstić information content (AvgIpc) is 2.44. The molecule has 0 heterocycles. The van der Waals surface area contributed by atoms with E-state index in [1.165, 1.54) is 82.4 Å². The van der Waals surface area contributed by atoms with E-state index in [0.717, 1.165) is 6.42 Å². The van der Waals surface area contributed by atoms with Gasteiger partial charge in [-0.25, -0.2) is 0 Å². The summed E-state index contributed by atoms with van der Waals surface area (Å²) in [6.07, 6.45) is 16.2. The molecular weight excluding hydrogens is 264 g/mol. The van der Waals surface area contributed by atoms with Crippen LogP contribution in [0.4, 0.5) is 0 Å². The summed E-state index contributed by atoms with van der Waals surface area (Å²) >= 11 is 1.36. The molecule has 20 heavy (non-hydrogen) atoms. The van der Waals surface area contributed by atoms with Gasteiger partial charge in [-0.15, -0.1) is 0 Å². The van der Waals surface area contributed by atoms with E-state index in [4.69, 9.17) is 0 Å². The first-order valence-electron chi connectivity index (χ1n) is 8.70. The summed E-state index contributed by atoms with van der Waals surface area (Å²) in [5.41, 5.74) is 0. The zero-order valence-corrected chi connectivity index (χ0v) is 14.8. The molecule has 0 aliphatic carbocycles. The maximum atomic E-state index is 11.6. The van der Waals surface area contributed by atoms with Crippen LogP contribution in [0.3, 0.4) is 0 Å². The number of rotatable bonds is 14. The summed E-state index contributed by atoms with van der Waals surface area (Å²) in [4.78, 5) is 11.6. The minimum atomic E-state index is 0.231. The number of carbonyl (C=O) groups excluding carboxylic acids is 1. The molecular formula is C18H35OS. The van der Waals surface area contributed by atoms with Crippen LogP contribution >= 0.6 is 11.8 Å². The Hall–Kier alpha value is 0.0200. The highest BCUT2D eigenvalue weighted by Crippen LogP contribution is 2.19. The van der Waals surface area contributed by atoms with Crippen LogP contribution in [-0.2, 0) is 4.79 Å². The second-order valence-corrected chi connectivity index (χ2v) is 7.01. The van der Waals surface area contributed by atoms with E-state index in [-0.39, 0.29) is 5.92 Å². The zero-order chi connectivity index (χ0) is 15.1. The summed E-state index contributed by atoms with van der Waals surface area (Å²) in [6, 6.07) is 0. The molecule has 0 bridgehead atoms. The molecule has 0 amide bonds. The third kappa shape index (κ3) is 13.0. The molecule has 0 N–H and O–H groups in total. The molecule has 0 aromatic carbocycles. The van der Waals surface area contributed by atoms with Crippen LogP contribution in [-0.4, -0.2) is 5.12 Å². The van der Waals surface area contributed by atoms with Gasteiger partial charge in [0.15, 0.2) is 5.12 Å². The van der Waals surface area contributed by atoms with Gasteiger partial charge in [0.05, 0.1) is 0 Å². The number of unbranched alkanes of at least 4 members (excludes halogenated alkanes) is 10. The lowest BCUT2D eigenvalue weighted by Gasteiger charge is -2.08. The molecule has 0 aromatic rings. The summed E-state index contributed by atoms with van der Waals surface area (Å²) < 4.78 is 0. The SMILES string of the molecule is C[CH]SC(=O)C(C)CCCCCCCCCCCCC. The van der Waals surface area contributed by atoms with Gasteiger partial charge in [-0.1, -0.05) is 103 Å². The van der Waals surface area contributed by atoms with Crippen molar-refractivity contribution in [2.24, 2.45) is 5.92 Å². The van der Waals surface area contributed by atoms with Gasteiger partial charge in [0.2, 0.25) is 0 Å². The Morgan fingerprint density at radius 1 is 0.900 bits per heavy atom. The molecule has 2 heteroatoms. The highest BCUT2D eigenvalue weighted by molar-refractivity contribution is 8.15. The summed E-state index contributed by atoms with van der Waals surface area (Å²) in [5.74, 6) is 2.12. The Labute approximate surface area is 131 Å². The van der Waals surface area contributed by atoms with E-state index in [2.05, 4.69) is 13.8 Å². The monoisotopic (exact) mass is 299 g/mol. The summed E-state index contributed by atoms with van der Waals surface area (Å²) in [6.45, 7) is 6.26. The first kappa shape index (κ1) is 20.0. The smallest absolute Gasteiger partial charge is 0.192 e. The van der Waals surface area contributed by atoms with Gasteiger partial charge in [0.25, 0.3) is 0 Å². The van der Waals surface area contributed by atoms with Crippen molar-refractivity contribution >= 4 is 16.9 Å².